The number of nitrogens with zero attached hydrogens (tertiary/aromatic N) is 3. The average molecular weight is 340 g/mol. The van der Waals surface area contributed by atoms with Crippen molar-refractivity contribution in [2.45, 2.75) is 26.7 Å². The molecule has 1 N–H and O–H groups in total. The Labute approximate surface area is 145 Å². The molecule has 2 amide bonds. The van der Waals surface area contributed by atoms with E-state index in [-0.39, 0.29) is 17.9 Å². The highest BCUT2D eigenvalue weighted by atomic mass is 16.6. The van der Waals surface area contributed by atoms with Gasteiger partial charge in [-0.3, -0.25) is 9.69 Å². The second-order valence-electron chi connectivity index (χ2n) is 6.55. The monoisotopic (exact) mass is 340 g/mol. The van der Waals surface area contributed by atoms with Crippen molar-refractivity contribution in [3.05, 3.63) is 0 Å². The number of rotatable bonds is 6. The zero-order valence-electron chi connectivity index (χ0n) is 15.1. The average Bonchev–Trinajstić information content (AvgIpc) is 2.62. The molecule has 2 rings (SSSR count). The number of carbonyl (C=O) groups is 2. The molecular formula is C17H32N4O3. The smallest absolute Gasteiger partial charge is 0.409 e. The zero-order valence-corrected chi connectivity index (χ0v) is 15.1. The van der Waals surface area contributed by atoms with Gasteiger partial charge in [0.15, 0.2) is 0 Å². The summed E-state index contributed by atoms with van der Waals surface area (Å²) in [6.07, 6.45) is 1.40. The van der Waals surface area contributed by atoms with E-state index >= 15 is 0 Å². The lowest BCUT2D eigenvalue weighted by Gasteiger charge is -2.34. The topological polar surface area (TPSA) is 65.1 Å². The van der Waals surface area contributed by atoms with Gasteiger partial charge >= 0.3 is 6.09 Å². The van der Waals surface area contributed by atoms with Gasteiger partial charge in [-0.1, -0.05) is 6.92 Å². The maximum absolute atomic E-state index is 12.3. The van der Waals surface area contributed by atoms with Crippen LogP contribution in [0.2, 0.25) is 0 Å². The Kier molecular flexibility index (Phi) is 7.78. The lowest BCUT2D eigenvalue weighted by Crippen LogP contribution is -2.49. The van der Waals surface area contributed by atoms with Gasteiger partial charge in [0, 0.05) is 52.4 Å². The Morgan fingerprint density at radius 3 is 2.46 bits per heavy atom. The zero-order chi connectivity index (χ0) is 17.4. The van der Waals surface area contributed by atoms with E-state index in [0.717, 1.165) is 52.1 Å². The maximum atomic E-state index is 12.3. The molecule has 1 unspecified atom stereocenters. The van der Waals surface area contributed by atoms with E-state index in [1.165, 1.54) is 0 Å². The Morgan fingerprint density at radius 1 is 1.08 bits per heavy atom. The number of carbonyl (C=O) groups excluding carboxylic acids is 2. The molecule has 0 spiro atoms. The fourth-order valence-corrected chi connectivity index (χ4v) is 3.38. The van der Waals surface area contributed by atoms with Crippen molar-refractivity contribution in [3.63, 3.8) is 0 Å². The molecule has 7 nitrogen and oxygen atoms in total. The van der Waals surface area contributed by atoms with Gasteiger partial charge in [-0.15, -0.1) is 0 Å². The van der Waals surface area contributed by atoms with Gasteiger partial charge in [0.05, 0.1) is 12.5 Å². The number of likely N-dealkylation sites (N-methyl/N-ethyl adjacent to an activating group) is 1. The maximum Gasteiger partial charge on any atom is 0.409 e. The lowest BCUT2D eigenvalue weighted by molar-refractivity contribution is -0.126. The minimum absolute atomic E-state index is 0.0659. The number of piperidine rings is 1. The number of ether oxygens (including phenoxy) is 1. The van der Waals surface area contributed by atoms with Crippen molar-refractivity contribution in [3.8, 4) is 0 Å². The van der Waals surface area contributed by atoms with Crippen LogP contribution in [0.15, 0.2) is 0 Å². The predicted molar refractivity (Wildman–Crippen MR) is 92.9 cm³/mol. The van der Waals surface area contributed by atoms with Crippen molar-refractivity contribution in [2.24, 2.45) is 5.92 Å². The first-order valence-electron chi connectivity index (χ1n) is 9.28. The molecule has 138 valence electrons. The summed E-state index contributed by atoms with van der Waals surface area (Å²) in [4.78, 5) is 30.6. The number of piperazine rings is 1. The third-order valence-corrected chi connectivity index (χ3v) is 4.96. The van der Waals surface area contributed by atoms with Crippen LogP contribution in [0.1, 0.15) is 26.7 Å². The molecule has 2 saturated heterocycles. The molecule has 0 aromatic rings. The molecule has 0 bridgehead atoms. The molecule has 2 aliphatic rings. The molecule has 2 heterocycles. The molecule has 2 aliphatic heterocycles. The third-order valence-electron chi connectivity index (χ3n) is 4.96. The van der Waals surface area contributed by atoms with Crippen LogP contribution < -0.4 is 5.32 Å². The van der Waals surface area contributed by atoms with Gasteiger partial charge in [-0.25, -0.2) is 4.79 Å². The van der Waals surface area contributed by atoms with E-state index < -0.39 is 0 Å². The minimum atomic E-state index is -0.302. The van der Waals surface area contributed by atoms with E-state index in [9.17, 15) is 9.59 Å². The summed E-state index contributed by atoms with van der Waals surface area (Å²) < 4.78 is 5.03. The molecule has 7 heteroatoms. The van der Waals surface area contributed by atoms with Crippen LogP contribution in [0, 0.1) is 5.92 Å². The van der Waals surface area contributed by atoms with Crippen LogP contribution in [-0.2, 0) is 9.53 Å². The third kappa shape index (κ3) is 5.63. The fraction of sp³-hybridized carbons (Fsp3) is 0.882. The normalized spacial score (nSPS) is 23.1. The summed E-state index contributed by atoms with van der Waals surface area (Å²) in [5.74, 6) is -0.0451. The van der Waals surface area contributed by atoms with Crippen molar-refractivity contribution in [2.75, 3.05) is 65.5 Å². The van der Waals surface area contributed by atoms with E-state index in [1.807, 2.05) is 0 Å². The van der Waals surface area contributed by atoms with Crippen LogP contribution >= 0.6 is 0 Å². The van der Waals surface area contributed by atoms with Gasteiger partial charge in [0.2, 0.25) is 5.91 Å². The van der Waals surface area contributed by atoms with Gasteiger partial charge in [0.25, 0.3) is 0 Å². The quantitative estimate of drug-likeness (QED) is 0.767. The van der Waals surface area contributed by atoms with Gasteiger partial charge in [-0.2, -0.15) is 0 Å². The summed E-state index contributed by atoms with van der Waals surface area (Å²) >= 11 is 0. The van der Waals surface area contributed by atoms with E-state index in [4.69, 9.17) is 4.74 Å². The summed E-state index contributed by atoms with van der Waals surface area (Å²) in [5, 5.41) is 3.04. The Bertz CT molecular complexity index is 411. The number of hydrogen-bond acceptors (Lipinski definition) is 5. The van der Waals surface area contributed by atoms with Crippen molar-refractivity contribution in [1.82, 2.24) is 20.0 Å². The Morgan fingerprint density at radius 2 is 1.79 bits per heavy atom. The summed E-state index contributed by atoms with van der Waals surface area (Å²) in [6, 6.07) is 0. The van der Waals surface area contributed by atoms with Crippen LogP contribution in [-0.4, -0.2) is 92.2 Å². The second kappa shape index (κ2) is 9.84. The highest BCUT2D eigenvalue weighted by Crippen LogP contribution is 2.17. The first kappa shape index (κ1) is 19.0. The van der Waals surface area contributed by atoms with E-state index in [1.54, 1.807) is 11.8 Å². The molecular weight excluding hydrogens is 308 g/mol. The molecule has 0 aromatic heterocycles. The van der Waals surface area contributed by atoms with Gasteiger partial charge < -0.3 is 19.9 Å². The second-order valence-corrected chi connectivity index (χ2v) is 6.55. The van der Waals surface area contributed by atoms with Crippen LogP contribution in [0.25, 0.3) is 0 Å². The molecule has 1 atom stereocenters. The molecule has 2 fully saturated rings. The number of amides is 2. The minimum Gasteiger partial charge on any atom is -0.450 e. The first-order valence-corrected chi connectivity index (χ1v) is 9.28. The summed E-state index contributed by atoms with van der Waals surface area (Å²) in [7, 11) is 0. The van der Waals surface area contributed by atoms with Crippen LogP contribution in [0.4, 0.5) is 4.79 Å². The molecule has 0 saturated carbocycles. The highest BCUT2D eigenvalue weighted by molar-refractivity contribution is 5.80. The number of likely N-dealkylation sites (tertiary alicyclic amines) is 1. The summed E-state index contributed by atoms with van der Waals surface area (Å²) in [6.45, 7) is 12.6. The van der Waals surface area contributed by atoms with Gasteiger partial charge in [-0.05, 0) is 26.3 Å². The van der Waals surface area contributed by atoms with Crippen molar-refractivity contribution in [1.29, 1.82) is 0 Å². The Hall–Kier alpha value is -1.34. The SMILES string of the molecule is CCOC(=O)N1CCCC(C(=O)NCCN2CCN(CC)CC2)C1. The van der Waals surface area contributed by atoms with Crippen LogP contribution in [0.5, 0.6) is 0 Å². The molecule has 0 aliphatic carbocycles. The van der Waals surface area contributed by atoms with E-state index in [0.29, 0.717) is 26.2 Å². The largest absolute Gasteiger partial charge is 0.450 e. The first-order chi connectivity index (χ1) is 11.6. The van der Waals surface area contributed by atoms with Crippen molar-refractivity contribution >= 4 is 12.0 Å². The number of hydrogen-bond donors (Lipinski definition) is 1. The summed E-state index contributed by atoms with van der Waals surface area (Å²) in [5.41, 5.74) is 0. The van der Waals surface area contributed by atoms with E-state index in [2.05, 4.69) is 22.0 Å². The fourth-order valence-electron chi connectivity index (χ4n) is 3.38. The van der Waals surface area contributed by atoms with Gasteiger partial charge in [0.1, 0.15) is 0 Å². The standard InChI is InChI=1S/C17H32N4O3/c1-3-19-10-12-20(13-11-19)9-7-18-16(22)15-6-5-8-21(14-15)17(23)24-4-2/h15H,3-14H2,1-2H3,(H,18,22). The molecule has 0 aromatic carbocycles. The molecule has 0 radical (unpaired) electrons. The Balaban J connectivity index is 1.66. The van der Waals surface area contributed by atoms with Crippen LogP contribution in [0.3, 0.4) is 0 Å². The lowest BCUT2D eigenvalue weighted by atomic mass is 9.97. The number of nitrogens with one attached hydrogen (secondary N) is 1. The highest BCUT2D eigenvalue weighted by Gasteiger charge is 2.29. The van der Waals surface area contributed by atoms with Crippen molar-refractivity contribution < 1.29 is 14.3 Å². The predicted octanol–water partition coefficient (Wildman–Crippen LogP) is 0.609. The molecule has 24 heavy (non-hydrogen) atoms.